The fourth-order valence-corrected chi connectivity index (χ4v) is 1.52. The van der Waals surface area contributed by atoms with Gasteiger partial charge in [0.15, 0.2) is 0 Å². The smallest absolute Gasteiger partial charge is 0.233 e. The highest BCUT2D eigenvalue weighted by Gasteiger charge is 2.11. The molecule has 0 aliphatic carbocycles. The van der Waals surface area contributed by atoms with Crippen LogP contribution in [0.25, 0.3) is 0 Å². The minimum Gasteiger partial charge on any atom is -0.480 e. The lowest BCUT2D eigenvalue weighted by Gasteiger charge is -2.01. The minimum absolute atomic E-state index is 0.220. The topological polar surface area (TPSA) is 52.1 Å². The monoisotopic (exact) mass is 248 g/mol. The van der Waals surface area contributed by atoms with Crippen LogP contribution in [0.1, 0.15) is 16.1 Å². The number of benzene rings is 1. The molecular formula is C12H9ClN2O2. The maximum absolute atomic E-state index is 12.0. The van der Waals surface area contributed by atoms with Crippen LogP contribution < -0.4 is 4.74 Å². The van der Waals surface area contributed by atoms with E-state index in [0.29, 0.717) is 16.5 Å². The Morgan fingerprint density at radius 1 is 1.24 bits per heavy atom. The van der Waals surface area contributed by atoms with Crippen LogP contribution >= 0.6 is 11.6 Å². The number of rotatable bonds is 3. The van der Waals surface area contributed by atoms with E-state index in [9.17, 15) is 4.79 Å². The van der Waals surface area contributed by atoms with Crippen molar-refractivity contribution in [3.63, 3.8) is 0 Å². The molecule has 0 bridgehead atoms. The summed E-state index contributed by atoms with van der Waals surface area (Å²) >= 11 is 5.82. The number of ether oxygens (including phenoxy) is 1. The summed E-state index contributed by atoms with van der Waals surface area (Å²) in [7, 11) is 1.49. The van der Waals surface area contributed by atoms with Gasteiger partial charge in [-0.2, -0.15) is 0 Å². The lowest BCUT2D eigenvalue weighted by atomic mass is 10.1. The minimum atomic E-state index is -0.220. The largest absolute Gasteiger partial charge is 0.480 e. The van der Waals surface area contributed by atoms with Gasteiger partial charge in [0.1, 0.15) is 5.69 Å². The van der Waals surface area contributed by atoms with Gasteiger partial charge >= 0.3 is 0 Å². The third-order valence-electron chi connectivity index (χ3n) is 2.17. The van der Waals surface area contributed by atoms with Crippen molar-refractivity contribution in [2.45, 2.75) is 0 Å². The number of carbonyl (C=O) groups excluding carboxylic acids is 1. The zero-order chi connectivity index (χ0) is 12.3. The van der Waals surface area contributed by atoms with Crippen LogP contribution in [0, 0.1) is 0 Å². The van der Waals surface area contributed by atoms with Crippen molar-refractivity contribution in [1.82, 2.24) is 10.2 Å². The Bertz CT molecular complexity index is 540. The van der Waals surface area contributed by atoms with E-state index in [1.165, 1.54) is 7.11 Å². The average Bonchev–Trinajstić information content (AvgIpc) is 2.38. The van der Waals surface area contributed by atoms with E-state index < -0.39 is 0 Å². The summed E-state index contributed by atoms with van der Waals surface area (Å²) in [5.41, 5.74) is 0.741. The third-order valence-corrected chi connectivity index (χ3v) is 2.40. The number of hydrogen-bond acceptors (Lipinski definition) is 4. The Morgan fingerprint density at radius 3 is 2.65 bits per heavy atom. The van der Waals surface area contributed by atoms with Crippen LogP contribution in [0.5, 0.6) is 5.88 Å². The summed E-state index contributed by atoms with van der Waals surface area (Å²) in [5, 5.41) is 8.04. The van der Waals surface area contributed by atoms with Crippen molar-refractivity contribution >= 4 is 17.4 Å². The van der Waals surface area contributed by atoms with Crippen LogP contribution in [0.2, 0.25) is 5.02 Å². The molecule has 0 aliphatic heterocycles. The molecule has 1 aromatic heterocycles. The zero-order valence-corrected chi connectivity index (χ0v) is 9.81. The van der Waals surface area contributed by atoms with Crippen LogP contribution in [0.3, 0.4) is 0 Å². The predicted octanol–water partition coefficient (Wildman–Crippen LogP) is 2.37. The highest BCUT2D eigenvalue weighted by Crippen LogP contribution is 2.14. The predicted molar refractivity (Wildman–Crippen MR) is 63.5 cm³/mol. The molecule has 0 atom stereocenters. The molecule has 1 heterocycles. The maximum atomic E-state index is 12.0. The number of ketones is 1. The SMILES string of the molecule is COc1ccc(C(=O)c2cccc(Cl)c2)nn1. The summed E-state index contributed by atoms with van der Waals surface area (Å²) < 4.78 is 4.87. The molecule has 0 spiro atoms. The molecule has 0 radical (unpaired) electrons. The highest BCUT2D eigenvalue weighted by molar-refractivity contribution is 6.31. The molecule has 5 heteroatoms. The van der Waals surface area contributed by atoms with E-state index in [0.717, 1.165) is 0 Å². The molecule has 0 saturated heterocycles. The molecule has 0 fully saturated rings. The Balaban J connectivity index is 2.30. The van der Waals surface area contributed by atoms with E-state index in [2.05, 4.69) is 10.2 Å². The molecule has 0 aliphatic rings. The third kappa shape index (κ3) is 2.60. The molecular weight excluding hydrogens is 240 g/mol. The van der Waals surface area contributed by atoms with Gasteiger partial charge in [-0.1, -0.05) is 23.7 Å². The van der Waals surface area contributed by atoms with Crippen molar-refractivity contribution in [2.75, 3.05) is 7.11 Å². The van der Waals surface area contributed by atoms with E-state index in [-0.39, 0.29) is 11.5 Å². The van der Waals surface area contributed by atoms with E-state index in [1.54, 1.807) is 36.4 Å². The number of hydrogen-bond donors (Lipinski definition) is 0. The van der Waals surface area contributed by atoms with Gasteiger partial charge in [0.25, 0.3) is 0 Å². The Kier molecular flexibility index (Phi) is 3.35. The van der Waals surface area contributed by atoms with Gasteiger partial charge in [-0.15, -0.1) is 10.2 Å². The standard InChI is InChI=1S/C12H9ClN2O2/c1-17-11-6-5-10(14-15-11)12(16)8-3-2-4-9(13)7-8/h2-7H,1H3. The van der Waals surface area contributed by atoms with Crippen LogP contribution in [-0.4, -0.2) is 23.1 Å². The highest BCUT2D eigenvalue weighted by atomic mass is 35.5. The van der Waals surface area contributed by atoms with Crippen LogP contribution in [-0.2, 0) is 0 Å². The number of nitrogens with zero attached hydrogens (tertiary/aromatic N) is 2. The van der Waals surface area contributed by atoms with Crippen LogP contribution in [0.15, 0.2) is 36.4 Å². The van der Waals surface area contributed by atoms with Crippen molar-refractivity contribution in [1.29, 1.82) is 0 Å². The second kappa shape index (κ2) is 4.93. The second-order valence-corrected chi connectivity index (χ2v) is 3.74. The summed E-state index contributed by atoms with van der Waals surface area (Å²) in [6.45, 7) is 0. The Morgan fingerprint density at radius 2 is 2.06 bits per heavy atom. The first kappa shape index (κ1) is 11.5. The molecule has 2 aromatic rings. The quantitative estimate of drug-likeness (QED) is 0.783. The number of halogens is 1. The van der Waals surface area contributed by atoms with Gasteiger partial charge in [0.05, 0.1) is 7.11 Å². The van der Waals surface area contributed by atoms with E-state index in [4.69, 9.17) is 16.3 Å². The Labute approximate surface area is 103 Å². The number of methoxy groups -OCH3 is 1. The lowest BCUT2D eigenvalue weighted by Crippen LogP contribution is -2.05. The van der Waals surface area contributed by atoms with E-state index in [1.807, 2.05) is 0 Å². The normalized spacial score (nSPS) is 10.0. The van der Waals surface area contributed by atoms with Gasteiger partial charge < -0.3 is 4.74 Å². The molecule has 0 amide bonds. The van der Waals surface area contributed by atoms with Crippen molar-refractivity contribution in [2.24, 2.45) is 0 Å². The molecule has 0 saturated carbocycles. The van der Waals surface area contributed by atoms with Gasteiger partial charge in [0.2, 0.25) is 11.7 Å². The summed E-state index contributed by atoms with van der Waals surface area (Å²) in [6, 6.07) is 9.85. The first-order valence-electron chi connectivity index (χ1n) is 4.88. The van der Waals surface area contributed by atoms with Gasteiger partial charge in [-0.05, 0) is 18.2 Å². The maximum Gasteiger partial charge on any atom is 0.233 e. The summed E-state index contributed by atoms with van der Waals surface area (Å²) in [4.78, 5) is 12.0. The van der Waals surface area contributed by atoms with Gasteiger partial charge in [-0.25, -0.2) is 0 Å². The molecule has 0 unspecified atom stereocenters. The second-order valence-electron chi connectivity index (χ2n) is 3.30. The molecule has 0 N–H and O–H groups in total. The van der Waals surface area contributed by atoms with Gasteiger partial charge in [0, 0.05) is 16.7 Å². The fourth-order valence-electron chi connectivity index (χ4n) is 1.33. The molecule has 17 heavy (non-hydrogen) atoms. The van der Waals surface area contributed by atoms with E-state index >= 15 is 0 Å². The fraction of sp³-hybridized carbons (Fsp3) is 0.0833. The number of carbonyl (C=O) groups is 1. The zero-order valence-electron chi connectivity index (χ0n) is 9.05. The Hall–Kier alpha value is -1.94. The summed E-state index contributed by atoms with van der Waals surface area (Å²) in [6.07, 6.45) is 0. The summed E-state index contributed by atoms with van der Waals surface area (Å²) in [5.74, 6) is 0.148. The molecule has 2 rings (SSSR count). The van der Waals surface area contributed by atoms with Crippen molar-refractivity contribution in [3.05, 3.63) is 52.7 Å². The number of aromatic nitrogens is 2. The molecule has 4 nitrogen and oxygen atoms in total. The molecule has 86 valence electrons. The molecule has 1 aromatic carbocycles. The first-order chi connectivity index (χ1) is 8.20. The van der Waals surface area contributed by atoms with Crippen molar-refractivity contribution < 1.29 is 9.53 Å². The van der Waals surface area contributed by atoms with Gasteiger partial charge in [-0.3, -0.25) is 4.79 Å². The van der Waals surface area contributed by atoms with Crippen LogP contribution in [0.4, 0.5) is 0 Å². The lowest BCUT2D eigenvalue weighted by molar-refractivity contribution is 0.103. The first-order valence-corrected chi connectivity index (χ1v) is 5.26. The average molecular weight is 249 g/mol. The van der Waals surface area contributed by atoms with Crippen molar-refractivity contribution in [3.8, 4) is 5.88 Å².